The van der Waals surface area contributed by atoms with Gasteiger partial charge in [-0.2, -0.15) is 0 Å². The number of thiazole rings is 1. The molecule has 0 atom stereocenters. The van der Waals surface area contributed by atoms with Gasteiger partial charge in [0.25, 0.3) is 5.91 Å². The first-order valence-electron chi connectivity index (χ1n) is 6.84. The Bertz CT molecular complexity index is 908. The largest absolute Gasteiger partial charge is 0.298 e. The van der Waals surface area contributed by atoms with Gasteiger partial charge in [0.2, 0.25) is 0 Å². The highest BCUT2D eigenvalue weighted by Crippen LogP contribution is 2.33. The molecule has 0 bridgehead atoms. The Morgan fingerprint density at radius 3 is 2.65 bits per heavy atom. The van der Waals surface area contributed by atoms with Gasteiger partial charge in [0, 0.05) is 0 Å². The fourth-order valence-corrected chi connectivity index (χ4v) is 3.76. The molecule has 0 aliphatic carbocycles. The number of nitrogens with zero attached hydrogens (tertiary/aromatic N) is 1. The third kappa shape index (κ3) is 3.31. The van der Waals surface area contributed by atoms with E-state index in [1.165, 1.54) is 23.0 Å². The molecule has 7 heteroatoms. The highest BCUT2D eigenvalue weighted by molar-refractivity contribution is 7.22. The summed E-state index contributed by atoms with van der Waals surface area (Å²) in [6.07, 6.45) is 0.948. The van der Waals surface area contributed by atoms with E-state index in [2.05, 4.69) is 23.3 Å². The number of hydrogen-bond donors (Lipinski definition) is 1. The van der Waals surface area contributed by atoms with E-state index in [1.54, 1.807) is 6.07 Å². The van der Waals surface area contributed by atoms with Crippen LogP contribution in [-0.4, -0.2) is 10.9 Å². The number of benzene rings is 2. The third-order valence-corrected chi connectivity index (χ3v) is 5.41. The van der Waals surface area contributed by atoms with E-state index in [4.69, 9.17) is 34.8 Å². The molecule has 1 aromatic heterocycles. The molecule has 0 unspecified atom stereocenters. The molecule has 3 aromatic rings. The minimum Gasteiger partial charge on any atom is -0.298 e. The van der Waals surface area contributed by atoms with Gasteiger partial charge in [-0.15, -0.1) is 0 Å². The van der Waals surface area contributed by atoms with Gasteiger partial charge >= 0.3 is 0 Å². The van der Waals surface area contributed by atoms with Gasteiger partial charge in [0.15, 0.2) is 5.13 Å². The van der Waals surface area contributed by atoms with Gasteiger partial charge in [-0.1, -0.05) is 59.1 Å². The summed E-state index contributed by atoms with van der Waals surface area (Å²) in [5.41, 5.74) is 2.21. The zero-order valence-corrected chi connectivity index (χ0v) is 15.1. The zero-order valence-electron chi connectivity index (χ0n) is 12.0. The van der Waals surface area contributed by atoms with Crippen molar-refractivity contribution in [2.24, 2.45) is 0 Å². The Morgan fingerprint density at radius 1 is 1.17 bits per heavy atom. The molecule has 23 heavy (non-hydrogen) atoms. The number of amides is 1. The summed E-state index contributed by atoms with van der Waals surface area (Å²) in [4.78, 5) is 16.8. The summed E-state index contributed by atoms with van der Waals surface area (Å²) >= 11 is 19.5. The molecular weight excluding hydrogens is 375 g/mol. The van der Waals surface area contributed by atoms with Crippen molar-refractivity contribution >= 4 is 67.4 Å². The van der Waals surface area contributed by atoms with Gasteiger partial charge in [0.05, 0.1) is 30.8 Å². The highest BCUT2D eigenvalue weighted by atomic mass is 35.5. The van der Waals surface area contributed by atoms with E-state index in [1.807, 2.05) is 12.1 Å². The molecule has 3 nitrogen and oxygen atoms in total. The number of carbonyl (C=O) groups excluding carboxylic acids is 1. The number of aromatic nitrogens is 1. The molecule has 0 fully saturated rings. The number of nitrogens with one attached hydrogen (secondary N) is 1. The van der Waals surface area contributed by atoms with Crippen LogP contribution in [0.15, 0.2) is 30.3 Å². The van der Waals surface area contributed by atoms with Crippen molar-refractivity contribution in [3.8, 4) is 0 Å². The van der Waals surface area contributed by atoms with Crippen molar-refractivity contribution in [2.75, 3.05) is 5.32 Å². The van der Waals surface area contributed by atoms with Gasteiger partial charge in [-0.3, -0.25) is 10.1 Å². The Balaban J connectivity index is 1.93. The van der Waals surface area contributed by atoms with Crippen molar-refractivity contribution in [1.82, 2.24) is 4.98 Å². The molecule has 0 saturated carbocycles. The zero-order chi connectivity index (χ0) is 16.6. The van der Waals surface area contributed by atoms with Crippen molar-refractivity contribution in [3.05, 3.63) is 56.5 Å². The number of rotatable bonds is 3. The van der Waals surface area contributed by atoms with Gasteiger partial charge in [-0.05, 0) is 36.2 Å². The first-order chi connectivity index (χ1) is 11.0. The summed E-state index contributed by atoms with van der Waals surface area (Å²) in [6, 6.07) is 9.13. The number of anilines is 1. The van der Waals surface area contributed by atoms with Crippen LogP contribution in [0.5, 0.6) is 0 Å². The summed E-state index contributed by atoms with van der Waals surface area (Å²) in [5, 5.41) is 3.87. The molecular formula is C16H11Cl3N2OS. The number of hydrogen-bond acceptors (Lipinski definition) is 3. The normalized spacial score (nSPS) is 11.0. The second kappa shape index (κ2) is 6.65. The Morgan fingerprint density at radius 2 is 1.91 bits per heavy atom. The van der Waals surface area contributed by atoms with Crippen LogP contribution < -0.4 is 5.32 Å². The van der Waals surface area contributed by atoms with E-state index in [-0.39, 0.29) is 20.6 Å². The molecule has 0 radical (unpaired) electrons. The fraction of sp³-hybridized carbons (Fsp3) is 0.125. The SMILES string of the molecule is CCc1ccc2nc(NC(=O)c3c(Cl)ccc(Cl)c3Cl)sc2c1. The van der Waals surface area contributed by atoms with Crippen LogP contribution in [0.2, 0.25) is 15.1 Å². The Kier molecular flexibility index (Phi) is 4.78. The molecule has 0 aliphatic heterocycles. The smallest absolute Gasteiger partial charge is 0.260 e. The predicted octanol–water partition coefficient (Wildman–Crippen LogP) is 6.07. The average molecular weight is 386 g/mol. The van der Waals surface area contributed by atoms with Crippen LogP contribution in [0.3, 0.4) is 0 Å². The Hall–Kier alpha value is -1.33. The average Bonchev–Trinajstić information content (AvgIpc) is 2.92. The number of aryl methyl sites for hydroxylation is 1. The number of halogens is 3. The number of carbonyl (C=O) groups is 1. The van der Waals surface area contributed by atoms with Crippen molar-refractivity contribution in [3.63, 3.8) is 0 Å². The summed E-state index contributed by atoms with van der Waals surface area (Å²) < 4.78 is 1.02. The minimum atomic E-state index is -0.433. The highest BCUT2D eigenvalue weighted by Gasteiger charge is 2.18. The van der Waals surface area contributed by atoms with Crippen LogP contribution in [0.1, 0.15) is 22.8 Å². The maximum atomic E-state index is 12.4. The molecule has 0 spiro atoms. The van der Waals surface area contributed by atoms with E-state index in [9.17, 15) is 4.79 Å². The van der Waals surface area contributed by atoms with E-state index in [0.717, 1.165) is 16.6 Å². The van der Waals surface area contributed by atoms with Crippen molar-refractivity contribution in [1.29, 1.82) is 0 Å². The molecule has 1 N–H and O–H groups in total. The molecule has 1 amide bonds. The summed E-state index contributed by atoms with van der Waals surface area (Å²) in [7, 11) is 0. The van der Waals surface area contributed by atoms with E-state index in [0.29, 0.717) is 5.13 Å². The summed E-state index contributed by atoms with van der Waals surface area (Å²) in [6.45, 7) is 2.09. The van der Waals surface area contributed by atoms with Crippen molar-refractivity contribution in [2.45, 2.75) is 13.3 Å². The maximum absolute atomic E-state index is 12.4. The van der Waals surface area contributed by atoms with Crippen LogP contribution in [0, 0.1) is 0 Å². The quantitative estimate of drug-likeness (QED) is 0.556. The predicted molar refractivity (Wildman–Crippen MR) is 98.4 cm³/mol. The monoisotopic (exact) mass is 384 g/mol. The van der Waals surface area contributed by atoms with Gasteiger partial charge < -0.3 is 0 Å². The van der Waals surface area contributed by atoms with Crippen LogP contribution in [-0.2, 0) is 6.42 Å². The lowest BCUT2D eigenvalue weighted by Crippen LogP contribution is -2.13. The van der Waals surface area contributed by atoms with E-state index < -0.39 is 5.91 Å². The van der Waals surface area contributed by atoms with Crippen LogP contribution in [0.25, 0.3) is 10.2 Å². The number of fused-ring (bicyclic) bond motifs is 1. The fourth-order valence-electron chi connectivity index (χ4n) is 2.14. The summed E-state index contributed by atoms with van der Waals surface area (Å²) in [5.74, 6) is -0.433. The maximum Gasteiger partial charge on any atom is 0.260 e. The van der Waals surface area contributed by atoms with Gasteiger partial charge in [-0.25, -0.2) is 4.98 Å². The first kappa shape index (κ1) is 16.5. The topological polar surface area (TPSA) is 42.0 Å². The van der Waals surface area contributed by atoms with Gasteiger partial charge in [0.1, 0.15) is 0 Å². The molecule has 0 aliphatic rings. The molecule has 2 aromatic carbocycles. The van der Waals surface area contributed by atoms with E-state index >= 15 is 0 Å². The lowest BCUT2D eigenvalue weighted by atomic mass is 10.2. The first-order valence-corrected chi connectivity index (χ1v) is 8.79. The molecule has 1 heterocycles. The standard InChI is InChI=1S/C16H11Cl3N2OS/c1-2-8-3-6-11-12(7-8)23-16(20-11)21-15(22)13-9(17)4-5-10(18)14(13)19/h3-7H,2H2,1H3,(H,20,21,22). The lowest BCUT2D eigenvalue weighted by molar-refractivity contribution is 0.102. The minimum absolute atomic E-state index is 0.131. The van der Waals surface area contributed by atoms with Crippen LogP contribution >= 0.6 is 46.1 Å². The molecule has 0 saturated heterocycles. The third-order valence-electron chi connectivity index (χ3n) is 3.35. The second-order valence-corrected chi connectivity index (χ2v) is 7.07. The van der Waals surface area contributed by atoms with Crippen LogP contribution in [0.4, 0.5) is 5.13 Å². The van der Waals surface area contributed by atoms with Crippen molar-refractivity contribution < 1.29 is 4.79 Å². The molecule has 3 rings (SSSR count). The molecule has 118 valence electrons. The lowest BCUT2D eigenvalue weighted by Gasteiger charge is -2.07. The second-order valence-electron chi connectivity index (χ2n) is 4.85. The Labute approximate surface area is 152 Å².